The summed E-state index contributed by atoms with van der Waals surface area (Å²) < 4.78 is 4.81. The van der Waals surface area contributed by atoms with E-state index in [1.807, 2.05) is 12.1 Å². The van der Waals surface area contributed by atoms with Gasteiger partial charge >= 0.3 is 6.03 Å². The standard InChI is InChI=1S/C20H18N4O3/c25-19(18-9-11-21-27-18)22-16-5-7-17(8-6-16)23-20(26)24-12-10-14-3-1-2-4-15(14)13-24/h1-9,11H,10,12-13H2,(H,22,25)(H,23,26). The van der Waals surface area contributed by atoms with E-state index in [1.165, 1.54) is 23.4 Å². The van der Waals surface area contributed by atoms with Crippen LogP contribution in [0.5, 0.6) is 0 Å². The topological polar surface area (TPSA) is 87.5 Å². The van der Waals surface area contributed by atoms with Gasteiger partial charge in [-0.3, -0.25) is 4.79 Å². The molecule has 0 spiro atoms. The third-order valence-electron chi connectivity index (χ3n) is 4.47. The molecular formula is C20H18N4O3. The van der Waals surface area contributed by atoms with Gasteiger partial charge in [0.2, 0.25) is 5.76 Å². The molecule has 0 saturated carbocycles. The molecule has 0 aliphatic carbocycles. The minimum atomic E-state index is -0.378. The lowest BCUT2D eigenvalue weighted by molar-refractivity contribution is 0.0988. The molecule has 1 aromatic heterocycles. The summed E-state index contributed by atoms with van der Waals surface area (Å²) in [6.07, 6.45) is 2.27. The van der Waals surface area contributed by atoms with Gasteiger partial charge in [-0.05, 0) is 41.8 Å². The molecule has 0 fully saturated rings. The van der Waals surface area contributed by atoms with Crippen molar-refractivity contribution < 1.29 is 14.1 Å². The average molecular weight is 362 g/mol. The largest absolute Gasteiger partial charge is 0.351 e. The quantitative estimate of drug-likeness (QED) is 0.746. The molecule has 7 heteroatoms. The second-order valence-electron chi connectivity index (χ2n) is 6.28. The zero-order chi connectivity index (χ0) is 18.6. The predicted molar refractivity (Wildman–Crippen MR) is 100 cm³/mol. The van der Waals surface area contributed by atoms with Gasteiger partial charge in [-0.15, -0.1) is 0 Å². The van der Waals surface area contributed by atoms with Gasteiger partial charge in [-0.1, -0.05) is 29.4 Å². The van der Waals surface area contributed by atoms with Crippen LogP contribution in [0.25, 0.3) is 0 Å². The Kier molecular flexibility index (Phi) is 4.57. The number of hydrogen-bond donors (Lipinski definition) is 2. The number of carbonyl (C=O) groups is 2. The predicted octanol–water partition coefficient (Wildman–Crippen LogP) is 3.52. The van der Waals surface area contributed by atoms with Gasteiger partial charge in [0.1, 0.15) is 0 Å². The Morgan fingerprint density at radius 1 is 0.926 bits per heavy atom. The second kappa shape index (κ2) is 7.33. The van der Waals surface area contributed by atoms with Crippen molar-refractivity contribution in [1.82, 2.24) is 10.1 Å². The van der Waals surface area contributed by atoms with Crippen LogP contribution in [0.4, 0.5) is 16.2 Å². The summed E-state index contributed by atoms with van der Waals surface area (Å²) in [7, 11) is 0. The number of fused-ring (bicyclic) bond motifs is 1. The number of nitrogens with zero attached hydrogens (tertiary/aromatic N) is 2. The number of nitrogens with one attached hydrogen (secondary N) is 2. The molecule has 2 N–H and O–H groups in total. The van der Waals surface area contributed by atoms with Crippen molar-refractivity contribution in [2.45, 2.75) is 13.0 Å². The molecule has 2 heterocycles. The normalized spacial score (nSPS) is 13.0. The molecule has 1 aliphatic rings. The van der Waals surface area contributed by atoms with Crippen molar-refractivity contribution in [3.8, 4) is 0 Å². The first kappa shape index (κ1) is 16.8. The molecule has 0 saturated heterocycles. The Morgan fingerprint density at radius 3 is 2.33 bits per heavy atom. The van der Waals surface area contributed by atoms with Crippen LogP contribution >= 0.6 is 0 Å². The molecule has 0 atom stereocenters. The van der Waals surface area contributed by atoms with Crippen LogP contribution < -0.4 is 10.6 Å². The van der Waals surface area contributed by atoms with Crippen molar-refractivity contribution in [3.63, 3.8) is 0 Å². The number of aromatic nitrogens is 1. The van der Waals surface area contributed by atoms with Gasteiger partial charge in [0.15, 0.2) is 0 Å². The molecule has 0 radical (unpaired) electrons. The number of urea groups is 1. The van der Waals surface area contributed by atoms with Gasteiger partial charge in [0, 0.05) is 30.5 Å². The van der Waals surface area contributed by atoms with Crippen molar-refractivity contribution in [3.05, 3.63) is 77.7 Å². The highest BCUT2D eigenvalue weighted by Crippen LogP contribution is 2.20. The second-order valence-corrected chi connectivity index (χ2v) is 6.28. The molecule has 3 amide bonds. The molecule has 0 bridgehead atoms. The SMILES string of the molecule is O=C(Nc1ccc(NC(=O)N2CCc3ccccc3C2)cc1)c1ccno1. The molecule has 0 unspecified atom stereocenters. The van der Waals surface area contributed by atoms with Crippen LogP contribution in [0.1, 0.15) is 21.7 Å². The number of hydrogen-bond acceptors (Lipinski definition) is 4. The highest BCUT2D eigenvalue weighted by Gasteiger charge is 2.20. The molecular weight excluding hydrogens is 344 g/mol. The lowest BCUT2D eigenvalue weighted by atomic mass is 10.0. The van der Waals surface area contributed by atoms with E-state index in [2.05, 4.69) is 27.9 Å². The lowest BCUT2D eigenvalue weighted by Crippen LogP contribution is -2.38. The molecule has 1 aliphatic heterocycles. The maximum Gasteiger partial charge on any atom is 0.322 e. The first-order valence-electron chi connectivity index (χ1n) is 8.64. The average Bonchev–Trinajstić information content (AvgIpc) is 3.24. The Bertz CT molecular complexity index is 952. The van der Waals surface area contributed by atoms with Crippen molar-refractivity contribution >= 4 is 23.3 Å². The van der Waals surface area contributed by atoms with Gasteiger partial charge < -0.3 is 20.1 Å². The highest BCUT2D eigenvalue weighted by molar-refractivity contribution is 6.02. The minimum absolute atomic E-state index is 0.136. The zero-order valence-corrected chi connectivity index (χ0v) is 14.5. The van der Waals surface area contributed by atoms with E-state index in [4.69, 9.17) is 4.52 Å². The number of anilines is 2. The van der Waals surface area contributed by atoms with Crippen LogP contribution in [0, 0.1) is 0 Å². The van der Waals surface area contributed by atoms with E-state index in [9.17, 15) is 9.59 Å². The fourth-order valence-corrected chi connectivity index (χ4v) is 3.03. The van der Waals surface area contributed by atoms with Gasteiger partial charge in [0.05, 0.1) is 6.20 Å². The summed E-state index contributed by atoms with van der Waals surface area (Å²) in [6.45, 7) is 1.29. The van der Waals surface area contributed by atoms with Crippen LogP contribution in [0.3, 0.4) is 0 Å². The van der Waals surface area contributed by atoms with E-state index >= 15 is 0 Å². The molecule has 27 heavy (non-hydrogen) atoms. The summed E-state index contributed by atoms with van der Waals surface area (Å²) in [5.41, 5.74) is 3.75. The molecule has 3 aromatic rings. The van der Waals surface area contributed by atoms with Crippen LogP contribution in [-0.4, -0.2) is 28.5 Å². The number of benzene rings is 2. The van der Waals surface area contributed by atoms with Crippen LogP contribution in [-0.2, 0) is 13.0 Å². The number of amides is 3. The van der Waals surface area contributed by atoms with Crippen LogP contribution in [0.2, 0.25) is 0 Å². The highest BCUT2D eigenvalue weighted by atomic mass is 16.5. The Labute approximate surface area is 156 Å². The summed E-state index contributed by atoms with van der Waals surface area (Å²) in [4.78, 5) is 26.2. The maximum absolute atomic E-state index is 12.5. The Morgan fingerprint density at radius 2 is 1.63 bits per heavy atom. The summed E-state index contributed by atoms with van der Waals surface area (Å²) in [5.74, 6) is -0.242. The molecule has 2 aromatic carbocycles. The van der Waals surface area contributed by atoms with Gasteiger partial charge in [-0.25, -0.2) is 4.79 Å². The van der Waals surface area contributed by atoms with E-state index in [0.717, 1.165) is 6.42 Å². The molecule has 4 rings (SSSR count). The lowest BCUT2D eigenvalue weighted by Gasteiger charge is -2.29. The molecule has 136 valence electrons. The zero-order valence-electron chi connectivity index (χ0n) is 14.5. The number of rotatable bonds is 3. The van der Waals surface area contributed by atoms with Crippen molar-refractivity contribution in [2.75, 3.05) is 17.2 Å². The fraction of sp³-hybridized carbons (Fsp3) is 0.150. The Balaban J connectivity index is 1.36. The minimum Gasteiger partial charge on any atom is -0.351 e. The van der Waals surface area contributed by atoms with Crippen LogP contribution in [0.15, 0.2) is 65.3 Å². The fourth-order valence-electron chi connectivity index (χ4n) is 3.03. The summed E-state index contributed by atoms with van der Waals surface area (Å²) in [5, 5.41) is 9.10. The van der Waals surface area contributed by atoms with E-state index < -0.39 is 0 Å². The Hall–Kier alpha value is -3.61. The van der Waals surface area contributed by atoms with E-state index in [-0.39, 0.29) is 17.7 Å². The van der Waals surface area contributed by atoms with E-state index in [1.54, 1.807) is 29.2 Å². The third-order valence-corrected chi connectivity index (χ3v) is 4.47. The monoisotopic (exact) mass is 362 g/mol. The first-order chi connectivity index (χ1) is 13.2. The maximum atomic E-state index is 12.5. The van der Waals surface area contributed by atoms with Crippen molar-refractivity contribution in [1.29, 1.82) is 0 Å². The smallest absolute Gasteiger partial charge is 0.322 e. The van der Waals surface area contributed by atoms with E-state index in [0.29, 0.717) is 24.5 Å². The first-order valence-corrected chi connectivity index (χ1v) is 8.64. The molecule has 7 nitrogen and oxygen atoms in total. The third kappa shape index (κ3) is 3.82. The number of carbonyl (C=O) groups excluding carboxylic acids is 2. The summed E-state index contributed by atoms with van der Waals surface area (Å²) >= 11 is 0. The van der Waals surface area contributed by atoms with Gasteiger partial charge in [-0.2, -0.15) is 0 Å². The van der Waals surface area contributed by atoms with Crippen molar-refractivity contribution in [2.24, 2.45) is 0 Å². The summed E-state index contributed by atoms with van der Waals surface area (Å²) in [6, 6.07) is 16.5. The van der Waals surface area contributed by atoms with Gasteiger partial charge in [0.25, 0.3) is 5.91 Å².